The zero-order chi connectivity index (χ0) is 13.9. The number of carbonyl (C=O) groups is 1. The number of benzene rings is 1. The van der Waals surface area contributed by atoms with E-state index in [0.717, 1.165) is 0 Å². The highest BCUT2D eigenvalue weighted by atomic mass is 16.3. The molecule has 0 unspecified atom stereocenters. The van der Waals surface area contributed by atoms with Gasteiger partial charge in [-0.15, -0.1) is 0 Å². The number of hydrogen-bond donors (Lipinski definition) is 3. The fourth-order valence-corrected chi connectivity index (χ4v) is 2.34. The molecule has 0 spiro atoms. The second kappa shape index (κ2) is 5.30. The Morgan fingerprint density at radius 1 is 1.25 bits per heavy atom. The zero-order valence-corrected chi connectivity index (χ0v) is 10.8. The average molecular weight is 269 g/mol. The molecule has 1 aromatic carbocycles. The summed E-state index contributed by atoms with van der Waals surface area (Å²) in [5.41, 5.74) is 2.40. The Morgan fingerprint density at radius 3 is 2.85 bits per heavy atom. The lowest BCUT2D eigenvalue weighted by Crippen LogP contribution is -2.44. The molecule has 2 aromatic rings. The van der Waals surface area contributed by atoms with Crippen LogP contribution in [0, 0.1) is 0 Å². The van der Waals surface area contributed by atoms with Crippen LogP contribution in [0.15, 0.2) is 42.6 Å². The minimum atomic E-state index is -0.314. The van der Waals surface area contributed by atoms with Crippen LogP contribution in [0.2, 0.25) is 0 Å². The van der Waals surface area contributed by atoms with Crippen LogP contribution < -0.4 is 10.6 Å². The van der Waals surface area contributed by atoms with E-state index in [1.807, 2.05) is 18.2 Å². The van der Waals surface area contributed by atoms with Crippen molar-refractivity contribution >= 4 is 11.7 Å². The van der Waals surface area contributed by atoms with Crippen LogP contribution in [0.5, 0.6) is 5.75 Å². The number of hydrogen-bond acceptors (Lipinski definition) is 4. The maximum atomic E-state index is 12.2. The largest absolute Gasteiger partial charge is 0.504 e. The third kappa shape index (κ3) is 2.48. The number of fused-ring (bicyclic) bond motifs is 1. The summed E-state index contributed by atoms with van der Waals surface area (Å²) in [7, 11) is 0. The molecule has 1 aliphatic rings. The van der Waals surface area contributed by atoms with Crippen LogP contribution >= 0.6 is 0 Å². The molecule has 20 heavy (non-hydrogen) atoms. The summed E-state index contributed by atoms with van der Waals surface area (Å²) in [6.07, 6.45) is 2.16. The molecule has 0 bridgehead atoms. The summed E-state index contributed by atoms with van der Waals surface area (Å²) >= 11 is 0. The summed E-state index contributed by atoms with van der Waals surface area (Å²) in [5, 5.41) is 15.5. The number of nitrogens with one attached hydrogen (secondary N) is 2. The number of aromatic nitrogens is 1. The van der Waals surface area contributed by atoms with Gasteiger partial charge >= 0.3 is 0 Å². The van der Waals surface area contributed by atoms with Crippen molar-refractivity contribution in [1.29, 1.82) is 0 Å². The first-order valence-electron chi connectivity index (χ1n) is 6.49. The average Bonchev–Trinajstić information content (AvgIpc) is 2.49. The van der Waals surface area contributed by atoms with Gasteiger partial charge < -0.3 is 15.7 Å². The standard InChI is InChI=1S/C15H15N3O2/c19-13-6-3-7-16-14(13)18-15(20)12-8-10-4-1-2-5-11(10)9-17-12/h1-7,12,17,19H,8-9H2,(H,16,18,20)/t12-/m0/s1. The summed E-state index contributed by atoms with van der Waals surface area (Å²) < 4.78 is 0. The monoisotopic (exact) mass is 269 g/mol. The topological polar surface area (TPSA) is 74.2 Å². The molecule has 0 aliphatic carbocycles. The number of aromatic hydroxyl groups is 1. The van der Waals surface area contributed by atoms with E-state index in [2.05, 4.69) is 21.7 Å². The van der Waals surface area contributed by atoms with Crippen LogP contribution in [0.3, 0.4) is 0 Å². The third-order valence-corrected chi connectivity index (χ3v) is 3.43. The summed E-state index contributed by atoms with van der Waals surface area (Å²) in [6.45, 7) is 0.669. The van der Waals surface area contributed by atoms with E-state index in [4.69, 9.17) is 0 Å². The number of carbonyl (C=O) groups excluding carboxylic acids is 1. The van der Waals surface area contributed by atoms with Crippen molar-refractivity contribution in [3.63, 3.8) is 0 Å². The minimum Gasteiger partial charge on any atom is -0.504 e. The van der Waals surface area contributed by atoms with Crippen molar-refractivity contribution in [3.8, 4) is 5.75 Å². The Kier molecular flexibility index (Phi) is 3.35. The molecule has 1 aromatic heterocycles. The van der Waals surface area contributed by atoms with Gasteiger partial charge in [0.25, 0.3) is 0 Å². The molecule has 0 fully saturated rings. The molecule has 0 saturated carbocycles. The molecule has 2 heterocycles. The van der Waals surface area contributed by atoms with Gasteiger partial charge in [0.1, 0.15) is 0 Å². The van der Waals surface area contributed by atoms with Gasteiger partial charge in [-0.05, 0) is 29.7 Å². The number of anilines is 1. The normalized spacial score (nSPS) is 17.3. The lowest BCUT2D eigenvalue weighted by Gasteiger charge is -2.25. The van der Waals surface area contributed by atoms with Gasteiger partial charge in [0, 0.05) is 12.7 Å². The lowest BCUT2D eigenvalue weighted by atomic mass is 9.95. The highest BCUT2D eigenvalue weighted by Gasteiger charge is 2.24. The Balaban J connectivity index is 1.72. The van der Waals surface area contributed by atoms with E-state index in [-0.39, 0.29) is 23.5 Å². The quantitative estimate of drug-likeness (QED) is 0.771. The molecular weight excluding hydrogens is 254 g/mol. The van der Waals surface area contributed by atoms with Gasteiger partial charge in [-0.25, -0.2) is 4.98 Å². The predicted octanol–water partition coefficient (Wildman–Crippen LogP) is 1.44. The first-order chi connectivity index (χ1) is 9.74. The van der Waals surface area contributed by atoms with Crippen molar-refractivity contribution < 1.29 is 9.90 Å². The van der Waals surface area contributed by atoms with E-state index in [0.29, 0.717) is 13.0 Å². The number of rotatable bonds is 2. The van der Waals surface area contributed by atoms with Crippen LogP contribution in [-0.2, 0) is 17.8 Å². The van der Waals surface area contributed by atoms with Crippen LogP contribution in [0.25, 0.3) is 0 Å². The summed E-state index contributed by atoms with van der Waals surface area (Å²) in [6, 6.07) is 10.9. The Hall–Kier alpha value is -2.40. The number of nitrogens with zero attached hydrogens (tertiary/aromatic N) is 1. The Bertz CT molecular complexity index is 643. The molecular formula is C15H15N3O2. The van der Waals surface area contributed by atoms with E-state index in [1.54, 1.807) is 6.07 Å². The van der Waals surface area contributed by atoms with E-state index in [1.165, 1.54) is 23.4 Å². The molecule has 0 radical (unpaired) electrons. The molecule has 102 valence electrons. The Morgan fingerprint density at radius 2 is 2.05 bits per heavy atom. The molecule has 1 aliphatic heterocycles. The molecule has 5 heteroatoms. The van der Waals surface area contributed by atoms with Crippen LogP contribution in [0.1, 0.15) is 11.1 Å². The SMILES string of the molecule is O=C(Nc1ncccc1O)[C@@H]1Cc2ccccc2CN1. The Labute approximate surface area is 116 Å². The summed E-state index contributed by atoms with van der Waals surface area (Å²) in [4.78, 5) is 16.2. The molecule has 3 rings (SSSR count). The maximum absolute atomic E-state index is 12.2. The van der Waals surface area contributed by atoms with E-state index in [9.17, 15) is 9.90 Å². The maximum Gasteiger partial charge on any atom is 0.243 e. The van der Waals surface area contributed by atoms with Crippen molar-refractivity contribution in [3.05, 3.63) is 53.7 Å². The van der Waals surface area contributed by atoms with Crippen LogP contribution in [-0.4, -0.2) is 22.0 Å². The predicted molar refractivity (Wildman–Crippen MR) is 75.3 cm³/mol. The van der Waals surface area contributed by atoms with Gasteiger partial charge in [-0.2, -0.15) is 0 Å². The fourth-order valence-electron chi connectivity index (χ4n) is 2.34. The zero-order valence-electron chi connectivity index (χ0n) is 10.8. The molecule has 0 saturated heterocycles. The van der Waals surface area contributed by atoms with Gasteiger partial charge in [0.2, 0.25) is 5.91 Å². The van der Waals surface area contributed by atoms with E-state index >= 15 is 0 Å². The molecule has 3 N–H and O–H groups in total. The smallest absolute Gasteiger partial charge is 0.243 e. The summed E-state index contributed by atoms with van der Waals surface area (Å²) in [5.74, 6) is -0.0243. The van der Waals surface area contributed by atoms with Gasteiger partial charge in [-0.1, -0.05) is 24.3 Å². The molecule has 1 amide bonds. The highest BCUT2D eigenvalue weighted by molar-refractivity contribution is 5.95. The lowest BCUT2D eigenvalue weighted by molar-refractivity contribution is -0.118. The van der Waals surface area contributed by atoms with Gasteiger partial charge in [0.05, 0.1) is 6.04 Å². The third-order valence-electron chi connectivity index (χ3n) is 3.43. The number of pyridine rings is 1. The van der Waals surface area contributed by atoms with Gasteiger partial charge in [-0.3, -0.25) is 4.79 Å². The van der Waals surface area contributed by atoms with Gasteiger partial charge in [0.15, 0.2) is 11.6 Å². The number of amides is 1. The first-order valence-corrected chi connectivity index (χ1v) is 6.49. The minimum absolute atomic E-state index is 0.0305. The van der Waals surface area contributed by atoms with Crippen molar-refractivity contribution in [2.45, 2.75) is 19.0 Å². The van der Waals surface area contributed by atoms with Crippen LogP contribution in [0.4, 0.5) is 5.82 Å². The fraction of sp³-hybridized carbons (Fsp3) is 0.200. The second-order valence-electron chi connectivity index (χ2n) is 4.77. The highest BCUT2D eigenvalue weighted by Crippen LogP contribution is 2.20. The van der Waals surface area contributed by atoms with Crippen molar-refractivity contribution in [2.24, 2.45) is 0 Å². The molecule has 1 atom stereocenters. The van der Waals surface area contributed by atoms with Crippen molar-refractivity contribution in [2.75, 3.05) is 5.32 Å². The molecule has 5 nitrogen and oxygen atoms in total. The second-order valence-corrected chi connectivity index (χ2v) is 4.77. The first kappa shape index (κ1) is 12.6. The van der Waals surface area contributed by atoms with Crippen molar-refractivity contribution in [1.82, 2.24) is 10.3 Å². The van der Waals surface area contributed by atoms with E-state index < -0.39 is 0 Å².